The van der Waals surface area contributed by atoms with Crippen LogP contribution in [0.15, 0.2) is 48.7 Å². The first-order valence-electron chi connectivity index (χ1n) is 10.8. The maximum atomic E-state index is 13.3. The number of pyridine rings is 1. The third-order valence-electron chi connectivity index (χ3n) is 6.64. The Morgan fingerprint density at radius 1 is 1.16 bits per heavy atom. The summed E-state index contributed by atoms with van der Waals surface area (Å²) in [6.07, 6.45) is 4.67. The van der Waals surface area contributed by atoms with Crippen LogP contribution >= 0.6 is 0 Å². The van der Waals surface area contributed by atoms with Crippen LogP contribution in [0.4, 0.5) is 21.6 Å². The summed E-state index contributed by atoms with van der Waals surface area (Å²) in [4.78, 5) is 27.6. The molecule has 3 aromatic rings. The Bertz CT molecular complexity index is 1210. The summed E-state index contributed by atoms with van der Waals surface area (Å²) in [7, 11) is 1.32. The summed E-state index contributed by atoms with van der Waals surface area (Å²) in [5.41, 5.74) is 3.83. The molecule has 6 rings (SSSR count). The summed E-state index contributed by atoms with van der Waals surface area (Å²) in [6.45, 7) is 0.843. The Morgan fingerprint density at radius 2 is 1.97 bits per heavy atom. The van der Waals surface area contributed by atoms with Crippen LogP contribution in [0.1, 0.15) is 47.2 Å². The molecular formula is C24H22FN5O2. The molecule has 1 N–H and O–H groups in total. The zero-order chi connectivity index (χ0) is 21.9. The highest BCUT2D eigenvalue weighted by molar-refractivity contribution is 5.85. The lowest BCUT2D eigenvalue weighted by atomic mass is 10.0. The van der Waals surface area contributed by atoms with Crippen molar-refractivity contribution in [2.45, 2.75) is 30.7 Å². The number of hydrogen-bond acceptors (Lipinski definition) is 7. The summed E-state index contributed by atoms with van der Waals surface area (Å²) in [5.74, 6) is 0.921. The van der Waals surface area contributed by atoms with Crippen molar-refractivity contribution in [3.63, 3.8) is 0 Å². The number of aromatic nitrogens is 3. The second-order valence-corrected chi connectivity index (χ2v) is 8.76. The summed E-state index contributed by atoms with van der Waals surface area (Å²) in [6, 6.07) is 12.5. The van der Waals surface area contributed by atoms with Crippen LogP contribution in [0, 0.1) is 11.7 Å². The van der Waals surface area contributed by atoms with Crippen molar-refractivity contribution >= 4 is 23.2 Å². The van der Waals surface area contributed by atoms with Gasteiger partial charge in [0.15, 0.2) is 0 Å². The minimum absolute atomic E-state index is 0.0504. The number of methoxy groups -OCH3 is 1. The van der Waals surface area contributed by atoms with Crippen molar-refractivity contribution in [3.05, 3.63) is 71.7 Å². The first-order chi connectivity index (χ1) is 15.6. The van der Waals surface area contributed by atoms with Gasteiger partial charge in [0.05, 0.1) is 29.7 Å². The van der Waals surface area contributed by atoms with E-state index in [-0.39, 0.29) is 17.2 Å². The predicted octanol–water partition coefficient (Wildman–Crippen LogP) is 4.15. The van der Waals surface area contributed by atoms with Crippen LogP contribution in [0.25, 0.3) is 0 Å². The van der Waals surface area contributed by atoms with Gasteiger partial charge in [-0.05, 0) is 67.6 Å². The molecule has 1 aliphatic heterocycles. The molecule has 2 aliphatic carbocycles. The molecule has 7 nitrogen and oxygen atoms in total. The van der Waals surface area contributed by atoms with Crippen molar-refractivity contribution in [1.82, 2.24) is 15.0 Å². The Hall–Kier alpha value is -3.55. The van der Waals surface area contributed by atoms with E-state index in [9.17, 15) is 9.18 Å². The first-order valence-corrected chi connectivity index (χ1v) is 10.8. The van der Waals surface area contributed by atoms with Crippen LogP contribution in [-0.2, 0) is 10.3 Å². The first kappa shape index (κ1) is 19.2. The second kappa shape index (κ2) is 6.98. The van der Waals surface area contributed by atoms with Crippen molar-refractivity contribution in [3.8, 4) is 0 Å². The van der Waals surface area contributed by atoms with Gasteiger partial charge in [0.25, 0.3) is 0 Å². The average molecular weight is 431 g/mol. The molecule has 32 heavy (non-hydrogen) atoms. The van der Waals surface area contributed by atoms with Crippen LogP contribution in [0.5, 0.6) is 0 Å². The van der Waals surface area contributed by atoms with Gasteiger partial charge in [-0.25, -0.2) is 19.2 Å². The highest BCUT2D eigenvalue weighted by Crippen LogP contribution is 2.56. The Kier molecular flexibility index (Phi) is 4.18. The molecule has 0 spiro atoms. The summed E-state index contributed by atoms with van der Waals surface area (Å²) < 4.78 is 18.1. The number of nitrogens with zero attached hydrogens (tertiary/aromatic N) is 4. The van der Waals surface area contributed by atoms with Crippen LogP contribution in [0.2, 0.25) is 0 Å². The van der Waals surface area contributed by atoms with Gasteiger partial charge < -0.3 is 15.0 Å². The fourth-order valence-electron chi connectivity index (χ4n) is 4.64. The molecule has 0 amide bonds. The number of esters is 1. The molecule has 2 saturated carbocycles. The van der Waals surface area contributed by atoms with Gasteiger partial charge in [0.1, 0.15) is 11.6 Å². The van der Waals surface area contributed by atoms with Crippen molar-refractivity contribution in [2.24, 2.45) is 5.92 Å². The molecule has 3 aliphatic rings. The standard InChI is InChI=1S/C24H22FN5O2/c1-32-23(31)22-26-11-8-20(28-22)30-13-14-12-17(14)21-18(30)6-7-19(27-21)24(9-10-24)29-16-4-2-15(25)3-5-16/h2-8,11,14,17,29H,9-10,12-13H2,1H3. The maximum Gasteiger partial charge on any atom is 0.376 e. The van der Waals surface area contributed by atoms with Gasteiger partial charge in [0.2, 0.25) is 5.82 Å². The average Bonchev–Trinajstić information content (AvgIpc) is 3.75. The molecule has 2 aromatic heterocycles. The van der Waals surface area contributed by atoms with Gasteiger partial charge >= 0.3 is 5.97 Å². The largest absolute Gasteiger partial charge is 0.463 e. The fourth-order valence-corrected chi connectivity index (χ4v) is 4.64. The number of anilines is 3. The number of halogens is 1. The molecule has 162 valence electrons. The van der Waals surface area contributed by atoms with Crippen LogP contribution in [0.3, 0.4) is 0 Å². The number of carbonyl (C=O) groups is 1. The van der Waals surface area contributed by atoms with E-state index in [1.807, 2.05) is 6.07 Å². The molecule has 0 bridgehead atoms. The van der Waals surface area contributed by atoms with Gasteiger partial charge in [-0.3, -0.25) is 4.98 Å². The van der Waals surface area contributed by atoms with Crippen molar-refractivity contribution in [2.75, 3.05) is 23.9 Å². The van der Waals surface area contributed by atoms with Crippen molar-refractivity contribution < 1.29 is 13.9 Å². The monoisotopic (exact) mass is 431 g/mol. The quantitative estimate of drug-likeness (QED) is 0.608. The van der Waals surface area contributed by atoms with Gasteiger partial charge in [-0.2, -0.15) is 0 Å². The fraction of sp³-hybridized carbons (Fsp3) is 0.333. The van der Waals surface area contributed by atoms with Gasteiger partial charge in [-0.1, -0.05) is 0 Å². The topological polar surface area (TPSA) is 80.2 Å². The van der Waals surface area contributed by atoms with Crippen LogP contribution in [-0.4, -0.2) is 34.6 Å². The second-order valence-electron chi connectivity index (χ2n) is 8.76. The number of ether oxygens (including phenoxy) is 1. The molecule has 2 fully saturated rings. The van der Waals surface area contributed by atoms with E-state index in [2.05, 4.69) is 32.3 Å². The summed E-state index contributed by atoms with van der Waals surface area (Å²) in [5, 5.41) is 3.56. The van der Waals surface area contributed by atoms with Crippen LogP contribution < -0.4 is 10.2 Å². The van der Waals surface area contributed by atoms with E-state index in [0.29, 0.717) is 17.7 Å². The lowest BCUT2D eigenvalue weighted by Gasteiger charge is -2.30. The molecule has 0 saturated heterocycles. The van der Waals surface area contributed by atoms with E-state index >= 15 is 0 Å². The highest BCUT2D eigenvalue weighted by atomic mass is 19.1. The van der Waals surface area contributed by atoms with E-state index < -0.39 is 5.97 Å². The number of carbonyl (C=O) groups excluding carboxylic acids is 1. The highest BCUT2D eigenvalue weighted by Gasteiger charge is 2.50. The predicted molar refractivity (Wildman–Crippen MR) is 116 cm³/mol. The zero-order valence-electron chi connectivity index (χ0n) is 17.6. The number of hydrogen-bond donors (Lipinski definition) is 1. The number of nitrogens with one attached hydrogen (secondary N) is 1. The van der Waals surface area contributed by atoms with E-state index in [0.717, 1.165) is 48.6 Å². The molecule has 2 atom stereocenters. The lowest BCUT2D eigenvalue weighted by Crippen LogP contribution is -2.28. The third kappa shape index (κ3) is 3.18. The molecule has 0 radical (unpaired) electrons. The van der Waals surface area contributed by atoms with E-state index in [1.54, 1.807) is 18.3 Å². The number of rotatable bonds is 5. The molecular weight excluding hydrogens is 409 g/mol. The third-order valence-corrected chi connectivity index (χ3v) is 6.64. The Morgan fingerprint density at radius 3 is 2.72 bits per heavy atom. The smallest absolute Gasteiger partial charge is 0.376 e. The lowest BCUT2D eigenvalue weighted by molar-refractivity contribution is 0.0587. The molecule has 3 heterocycles. The molecule has 1 aromatic carbocycles. The van der Waals surface area contributed by atoms with Gasteiger partial charge in [-0.15, -0.1) is 0 Å². The van der Waals surface area contributed by atoms with Gasteiger partial charge in [0, 0.05) is 24.3 Å². The van der Waals surface area contributed by atoms with E-state index in [4.69, 9.17) is 9.72 Å². The Labute approximate surface area is 184 Å². The molecule has 8 heteroatoms. The minimum atomic E-state index is -0.551. The number of fused-ring (bicyclic) bond motifs is 3. The van der Waals surface area contributed by atoms with Crippen molar-refractivity contribution in [1.29, 1.82) is 0 Å². The molecule has 2 unspecified atom stereocenters. The van der Waals surface area contributed by atoms with E-state index in [1.165, 1.54) is 19.2 Å². The normalized spacial score (nSPS) is 21.9. The zero-order valence-corrected chi connectivity index (χ0v) is 17.6. The minimum Gasteiger partial charge on any atom is -0.463 e. The number of benzene rings is 1. The SMILES string of the molecule is COC(=O)c1nccc(N2CC3CC3c3nc(C4(Nc5ccc(F)cc5)CC4)ccc32)n1. The summed E-state index contributed by atoms with van der Waals surface area (Å²) >= 11 is 0. The maximum absolute atomic E-state index is 13.3. The Balaban J connectivity index is 1.33.